The molecule has 0 amide bonds. The Labute approximate surface area is 117 Å². The lowest BCUT2D eigenvalue weighted by atomic mass is 10.1. The van der Waals surface area contributed by atoms with Crippen molar-refractivity contribution in [2.24, 2.45) is 0 Å². The monoisotopic (exact) mass is 353 g/mol. The molecule has 1 aromatic heterocycles. The Hall–Kier alpha value is -1.88. The number of halogens is 1. The molecule has 90 valence electrons. The lowest BCUT2D eigenvalue weighted by Gasteiger charge is -2.08. The summed E-state index contributed by atoms with van der Waals surface area (Å²) in [7, 11) is 0. The second-order valence-corrected chi connectivity index (χ2v) is 4.62. The number of ether oxygens (including phenoxy) is 1. The molecule has 1 aromatic carbocycles. The van der Waals surface area contributed by atoms with Crippen LogP contribution in [-0.2, 0) is 0 Å². The molecule has 18 heavy (non-hydrogen) atoms. The number of aryl methyl sites for hydroxylation is 1. The van der Waals surface area contributed by atoms with Gasteiger partial charge in [0, 0.05) is 0 Å². The summed E-state index contributed by atoms with van der Waals surface area (Å²) >= 11 is 1.87. The van der Waals surface area contributed by atoms with Gasteiger partial charge in [-0.15, -0.1) is 0 Å². The number of nitriles is 1. The molecule has 0 bridgehead atoms. The Morgan fingerprint density at radius 2 is 2.28 bits per heavy atom. The number of nitrogens with zero attached hydrogens (tertiary/aromatic N) is 2. The number of H-pyrrole nitrogens is 1. The Morgan fingerprint density at radius 3 is 3.00 bits per heavy atom. The maximum atomic E-state index is 11.4. The van der Waals surface area contributed by atoms with Crippen molar-refractivity contribution in [1.29, 1.82) is 5.26 Å². The number of aromatic amines is 1. The molecule has 1 N–H and O–H groups in total. The lowest BCUT2D eigenvalue weighted by Crippen LogP contribution is -2.11. The van der Waals surface area contributed by atoms with Crippen molar-refractivity contribution in [2.75, 3.05) is 0 Å². The van der Waals surface area contributed by atoms with E-state index < -0.39 is 0 Å². The van der Waals surface area contributed by atoms with Crippen molar-refractivity contribution in [2.45, 2.75) is 6.92 Å². The molecule has 0 radical (unpaired) electrons. The third-order valence-electron chi connectivity index (χ3n) is 2.29. The van der Waals surface area contributed by atoms with Gasteiger partial charge >= 0.3 is 0 Å². The van der Waals surface area contributed by atoms with Gasteiger partial charge in [-0.1, -0.05) is 6.07 Å². The Morgan fingerprint density at radius 1 is 1.50 bits per heavy atom. The van der Waals surface area contributed by atoms with E-state index in [1.807, 2.05) is 35.6 Å². The number of hydrogen-bond donors (Lipinski definition) is 1. The molecule has 0 aliphatic carbocycles. The highest BCUT2D eigenvalue weighted by atomic mass is 127. The van der Waals surface area contributed by atoms with E-state index in [-0.39, 0.29) is 11.4 Å². The zero-order valence-corrected chi connectivity index (χ0v) is 11.6. The van der Waals surface area contributed by atoms with E-state index >= 15 is 0 Å². The second-order valence-electron chi connectivity index (χ2n) is 3.54. The van der Waals surface area contributed by atoms with Crippen LogP contribution in [0, 0.1) is 21.8 Å². The molecule has 0 saturated heterocycles. The fourth-order valence-electron chi connectivity index (χ4n) is 1.32. The molecule has 2 rings (SSSR count). The average molecular weight is 353 g/mol. The fourth-order valence-corrected chi connectivity index (χ4v) is 1.73. The van der Waals surface area contributed by atoms with Crippen molar-refractivity contribution in [1.82, 2.24) is 9.97 Å². The van der Waals surface area contributed by atoms with E-state index in [4.69, 9.17) is 10.00 Å². The maximum Gasteiger partial charge on any atom is 0.268 e. The molecule has 0 unspecified atom stereocenters. The summed E-state index contributed by atoms with van der Waals surface area (Å²) in [4.78, 5) is 17.8. The number of benzene rings is 1. The van der Waals surface area contributed by atoms with Crippen molar-refractivity contribution < 1.29 is 4.74 Å². The topological polar surface area (TPSA) is 78.8 Å². The van der Waals surface area contributed by atoms with Crippen molar-refractivity contribution in [3.63, 3.8) is 0 Å². The summed E-state index contributed by atoms with van der Waals surface area (Å²) in [5, 5.41) is 8.84. The van der Waals surface area contributed by atoms with E-state index in [1.165, 1.54) is 6.33 Å². The first-order valence-corrected chi connectivity index (χ1v) is 6.11. The third-order valence-corrected chi connectivity index (χ3v) is 3.24. The van der Waals surface area contributed by atoms with Crippen LogP contribution in [0.1, 0.15) is 11.1 Å². The summed E-state index contributed by atoms with van der Waals surface area (Å²) in [6.07, 6.45) is 1.28. The van der Waals surface area contributed by atoms with Crippen LogP contribution in [0.5, 0.6) is 11.6 Å². The number of nitrogens with one attached hydrogen (secondary N) is 1. The first-order valence-electron chi connectivity index (χ1n) is 5.03. The van der Waals surface area contributed by atoms with Crippen molar-refractivity contribution in [3.8, 4) is 17.7 Å². The Bertz CT molecular complexity index is 688. The van der Waals surface area contributed by atoms with Gasteiger partial charge < -0.3 is 9.72 Å². The second kappa shape index (κ2) is 5.18. The molecular formula is C12H8IN3O2. The molecule has 0 saturated carbocycles. The van der Waals surface area contributed by atoms with Crippen LogP contribution in [0.15, 0.2) is 29.3 Å². The molecule has 5 nitrogen and oxygen atoms in total. The lowest BCUT2D eigenvalue weighted by molar-refractivity contribution is 0.453. The van der Waals surface area contributed by atoms with Crippen LogP contribution >= 0.6 is 22.6 Å². The normalized spacial score (nSPS) is 9.83. The van der Waals surface area contributed by atoms with Crippen LogP contribution < -0.4 is 10.3 Å². The molecule has 0 fully saturated rings. The quantitative estimate of drug-likeness (QED) is 0.841. The van der Waals surface area contributed by atoms with Crippen LogP contribution in [-0.4, -0.2) is 9.97 Å². The number of aromatic nitrogens is 2. The zero-order valence-electron chi connectivity index (χ0n) is 9.40. The highest BCUT2D eigenvalue weighted by molar-refractivity contribution is 14.1. The molecule has 2 aromatic rings. The summed E-state index contributed by atoms with van der Waals surface area (Å²) in [5.74, 6) is 0.752. The van der Waals surface area contributed by atoms with Crippen molar-refractivity contribution in [3.05, 3.63) is 49.6 Å². The van der Waals surface area contributed by atoms with Crippen LogP contribution in [0.25, 0.3) is 0 Å². The van der Waals surface area contributed by atoms with E-state index in [9.17, 15) is 4.79 Å². The van der Waals surface area contributed by atoms with Gasteiger partial charge in [-0.05, 0) is 47.2 Å². The van der Waals surface area contributed by atoms with E-state index in [2.05, 4.69) is 9.97 Å². The maximum absolute atomic E-state index is 11.4. The molecule has 1 heterocycles. The summed E-state index contributed by atoms with van der Waals surface area (Å²) in [6, 6.07) is 7.15. The Balaban J connectivity index is 2.43. The van der Waals surface area contributed by atoms with Gasteiger partial charge in [-0.25, -0.2) is 4.98 Å². The molecule has 0 spiro atoms. The predicted molar refractivity (Wildman–Crippen MR) is 73.5 cm³/mol. The zero-order chi connectivity index (χ0) is 13.1. The molecule has 6 heteroatoms. The third kappa shape index (κ3) is 2.51. The first kappa shape index (κ1) is 12.6. The predicted octanol–water partition coefficient (Wildman–Crippen LogP) is 2.35. The van der Waals surface area contributed by atoms with E-state index in [0.29, 0.717) is 14.9 Å². The van der Waals surface area contributed by atoms with E-state index in [1.54, 1.807) is 18.2 Å². The molecule has 0 aliphatic heterocycles. The Kier molecular flexibility index (Phi) is 3.62. The standard InChI is InChI=1S/C12H8IN3O2/c1-7-2-3-8(5-14)4-9(7)18-12-10(13)11(17)15-6-16-12/h2-4,6H,1H3,(H,15,16,17). The molecular weight excluding hydrogens is 345 g/mol. The van der Waals surface area contributed by atoms with Gasteiger partial charge in [-0.2, -0.15) is 5.26 Å². The minimum absolute atomic E-state index is 0.234. The smallest absolute Gasteiger partial charge is 0.268 e. The summed E-state index contributed by atoms with van der Waals surface area (Å²) in [5.41, 5.74) is 1.11. The van der Waals surface area contributed by atoms with E-state index in [0.717, 1.165) is 5.56 Å². The minimum Gasteiger partial charge on any atom is -0.437 e. The molecule has 0 aliphatic rings. The number of hydrogen-bond acceptors (Lipinski definition) is 4. The highest BCUT2D eigenvalue weighted by Gasteiger charge is 2.09. The fraction of sp³-hybridized carbons (Fsp3) is 0.0833. The number of rotatable bonds is 2. The van der Waals surface area contributed by atoms with Gasteiger partial charge in [0.2, 0.25) is 5.88 Å². The van der Waals surface area contributed by atoms with Crippen LogP contribution in [0.3, 0.4) is 0 Å². The molecule has 0 atom stereocenters. The van der Waals surface area contributed by atoms with Crippen molar-refractivity contribution >= 4 is 22.6 Å². The SMILES string of the molecule is Cc1ccc(C#N)cc1Oc1nc[nH]c(=O)c1I. The summed E-state index contributed by atoms with van der Waals surface area (Å²) < 4.78 is 5.95. The van der Waals surface area contributed by atoms with Gasteiger partial charge in [0.25, 0.3) is 5.56 Å². The highest BCUT2D eigenvalue weighted by Crippen LogP contribution is 2.26. The first-order chi connectivity index (χ1) is 8.61. The van der Waals surface area contributed by atoms with Gasteiger partial charge in [-0.3, -0.25) is 4.79 Å². The van der Waals surface area contributed by atoms with Gasteiger partial charge in [0.05, 0.1) is 18.0 Å². The minimum atomic E-state index is -0.255. The van der Waals surface area contributed by atoms with Gasteiger partial charge in [0.15, 0.2) is 0 Å². The van der Waals surface area contributed by atoms with Crippen LogP contribution in [0.4, 0.5) is 0 Å². The average Bonchev–Trinajstić information content (AvgIpc) is 2.37. The summed E-state index contributed by atoms with van der Waals surface area (Å²) in [6.45, 7) is 1.86. The van der Waals surface area contributed by atoms with Crippen LogP contribution in [0.2, 0.25) is 0 Å². The van der Waals surface area contributed by atoms with Gasteiger partial charge in [0.1, 0.15) is 9.32 Å². The largest absolute Gasteiger partial charge is 0.437 e.